The zero-order valence-corrected chi connectivity index (χ0v) is 36.4. The number of rotatable bonds is 28. The molecule has 0 aromatic heterocycles. The minimum Gasteiger partial charge on any atom is -0.394 e. The van der Waals surface area contributed by atoms with Gasteiger partial charge in [0.15, 0.2) is 12.6 Å². The topological polar surface area (TPSA) is 286 Å². The van der Waals surface area contributed by atoms with Crippen molar-refractivity contribution in [3.05, 3.63) is 0 Å². The number of aliphatic hydroxyl groups excluding tert-OH is 7. The van der Waals surface area contributed by atoms with Crippen LogP contribution in [0.5, 0.6) is 0 Å². The van der Waals surface area contributed by atoms with Crippen molar-refractivity contribution in [2.75, 3.05) is 52.7 Å². The van der Waals surface area contributed by atoms with Crippen molar-refractivity contribution in [3.8, 4) is 0 Å². The molecule has 0 radical (unpaired) electrons. The number of aliphatic hydroxyl groups is 7. The minimum atomic E-state index is -1.22. The van der Waals surface area contributed by atoms with Gasteiger partial charge in [-0.05, 0) is 70.1 Å². The maximum Gasteiger partial charge on any atom is 0.242 e. The van der Waals surface area contributed by atoms with Gasteiger partial charge in [-0.2, -0.15) is 0 Å². The van der Waals surface area contributed by atoms with E-state index in [1.54, 1.807) is 18.7 Å². The Hall–Kier alpha value is -2.56. The molecule has 0 aliphatic carbocycles. The molecular formula is C42H76N4O15. The maximum absolute atomic E-state index is 13.3. The van der Waals surface area contributed by atoms with Gasteiger partial charge in [-0.3, -0.25) is 19.2 Å². The van der Waals surface area contributed by atoms with Crippen LogP contribution in [-0.4, -0.2) is 178 Å². The quantitative estimate of drug-likeness (QED) is 0.0431. The molecule has 354 valence electrons. The second kappa shape index (κ2) is 28.3. The molecule has 3 rings (SSSR count). The molecule has 0 aromatic rings. The number of nitrogens with zero attached hydrogens (tertiary/aromatic N) is 1. The average molecular weight is 877 g/mol. The van der Waals surface area contributed by atoms with Crippen LogP contribution in [0.25, 0.3) is 0 Å². The molecule has 10 N–H and O–H groups in total. The highest BCUT2D eigenvalue weighted by atomic mass is 16.7. The molecule has 3 aliphatic rings. The van der Waals surface area contributed by atoms with Crippen LogP contribution in [0.1, 0.15) is 111 Å². The lowest BCUT2D eigenvalue weighted by atomic mass is 9.92. The van der Waals surface area contributed by atoms with E-state index in [0.29, 0.717) is 89.8 Å². The lowest BCUT2D eigenvalue weighted by Gasteiger charge is -2.40. The summed E-state index contributed by atoms with van der Waals surface area (Å²) >= 11 is 0. The van der Waals surface area contributed by atoms with Crippen LogP contribution >= 0.6 is 0 Å². The number of hydrogen-bond donors (Lipinski definition) is 10. The number of amides is 4. The van der Waals surface area contributed by atoms with Gasteiger partial charge in [0.05, 0.1) is 38.1 Å². The molecule has 3 aliphatic heterocycles. The summed E-state index contributed by atoms with van der Waals surface area (Å²) in [6.45, 7) is 6.39. The van der Waals surface area contributed by atoms with Crippen LogP contribution in [0, 0.1) is 17.8 Å². The number of nitrogens with one attached hydrogen (secondary N) is 3. The third kappa shape index (κ3) is 17.5. The highest BCUT2D eigenvalue weighted by Gasteiger charge is 2.43. The molecule has 10 unspecified atom stereocenters. The van der Waals surface area contributed by atoms with E-state index in [0.717, 1.165) is 12.8 Å². The Morgan fingerprint density at radius 1 is 0.639 bits per heavy atom. The van der Waals surface area contributed by atoms with Crippen molar-refractivity contribution in [1.29, 1.82) is 0 Å². The summed E-state index contributed by atoms with van der Waals surface area (Å²) in [7, 11) is 0. The monoisotopic (exact) mass is 877 g/mol. The van der Waals surface area contributed by atoms with Crippen LogP contribution in [0.15, 0.2) is 0 Å². The maximum atomic E-state index is 13.3. The number of hydrogen-bond acceptors (Lipinski definition) is 15. The van der Waals surface area contributed by atoms with Crippen LogP contribution in [0.2, 0.25) is 0 Å². The molecule has 4 amide bonds. The van der Waals surface area contributed by atoms with Gasteiger partial charge in [0.2, 0.25) is 23.6 Å². The molecule has 0 spiro atoms. The van der Waals surface area contributed by atoms with E-state index in [-0.39, 0.29) is 62.3 Å². The number of carbonyl (C=O) groups is 4. The molecule has 61 heavy (non-hydrogen) atoms. The van der Waals surface area contributed by atoms with E-state index in [1.807, 2.05) is 0 Å². The number of carbonyl (C=O) groups excluding carboxylic acids is 4. The van der Waals surface area contributed by atoms with E-state index in [4.69, 9.17) is 18.9 Å². The fourth-order valence-electron chi connectivity index (χ4n) is 8.01. The molecular weight excluding hydrogens is 800 g/mol. The number of unbranched alkanes of at least 4 members (excludes halogenated alkanes) is 5. The Morgan fingerprint density at radius 2 is 1.16 bits per heavy atom. The van der Waals surface area contributed by atoms with E-state index in [9.17, 15) is 54.9 Å². The van der Waals surface area contributed by atoms with Crippen LogP contribution in [-0.2, 0) is 38.1 Å². The summed E-state index contributed by atoms with van der Waals surface area (Å²) in [5.74, 6) is -1.37. The summed E-state index contributed by atoms with van der Waals surface area (Å²) in [6.07, 6.45) is -0.973. The van der Waals surface area contributed by atoms with Crippen molar-refractivity contribution in [1.82, 2.24) is 20.9 Å². The van der Waals surface area contributed by atoms with Gasteiger partial charge in [-0.1, -0.05) is 27.2 Å². The highest BCUT2D eigenvalue weighted by molar-refractivity contribution is 5.87. The molecule has 0 aromatic carbocycles. The Bertz CT molecular complexity index is 1300. The fraction of sp³-hybridized carbons (Fsp3) is 0.905. The fourth-order valence-corrected chi connectivity index (χ4v) is 8.01. The van der Waals surface area contributed by atoms with Gasteiger partial charge in [0, 0.05) is 63.9 Å². The summed E-state index contributed by atoms with van der Waals surface area (Å²) < 4.78 is 22.6. The molecule has 3 fully saturated rings. The predicted octanol–water partition coefficient (Wildman–Crippen LogP) is -0.812. The standard InChI is InChI=1S/C42H76N4O15/c1-26-21-29(23-47)46(22-26)35(52)16-5-4-9-18-44-40(57)30(45-34(51)15-8-12-20-59-42-28(3)37(54)39(56)32(25-49)61-42)13-6-10-17-43-33(50)14-7-11-19-58-41-27(2)36(53)38(55)31(24-48)60-41/h26-32,36-39,41-42,47-49,53-56H,4-25H2,1-3H3,(H,43,50)(H,44,57)(H,45,51)/t26-,27?,28?,29+,30-,31?,32?,36?,37?,38?,39?,41?,42?/m1/s1. The molecule has 3 saturated heterocycles. The molecule has 13 atom stereocenters. The largest absolute Gasteiger partial charge is 0.394 e. The Morgan fingerprint density at radius 3 is 1.72 bits per heavy atom. The van der Waals surface area contributed by atoms with Gasteiger partial charge < -0.3 is 75.5 Å². The summed E-state index contributed by atoms with van der Waals surface area (Å²) in [4.78, 5) is 53.2. The number of likely N-dealkylation sites (tertiary alicyclic amines) is 1. The van der Waals surface area contributed by atoms with Gasteiger partial charge in [-0.15, -0.1) is 0 Å². The SMILES string of the molecule is CC1C(OCCCCC(=O)NCCCC[C@@H](NC(=O)CCCCOC2OC(CO)C(O)C(O)C2C)C(=O)NCCCCCC(=O)N2C[C@H](C)C[C@H]2CO)OC(CO)C(O)C1O. The van der Waals surface area contributed by atoms with Crippen molar-refractivity contribution >= 4 is 23.6 Å². The van der Waals surface area contributed by atoms with E-state index < -0.39 is 80.3 Å². The van der Waals surface area contributed by atoms with Crippen LogP contribution < -0.4 is 16.0 Å². The Balaban J connectivity index is 1.36. The second-order valence-electron chi connectivity index (χ2n) is 17.1. The normalized spacial score (nSPS) is 30.8. The first kappa shape index (κ1) is 52.8. The first-order chi connectivity index (χ1) is 29.2. The average Bonchev–Trinajstić information content (AvgIpc) is 3.64. The minimum absolute atomic E-state index is 0.0353. The van der Waals surface area contributed by atoms with E-state index in [2.05, 4.69) is 22.9 Å². The van der Waals surface area contributed by atoms with Crippen LogP contribution in [0.3, 0.4) is 0 Å². The van der Waals surface area contributed by atoms with Gasteiger partial charge in [0.1, 0.15) is 30.5 Å². The Kier molecular flexibility index (Phi) is 24.5. The van der Waals surface area contributed by atoms with Gasteiger partial charge in [-0.25, -0.2) is 0 Å². The zero-order chi connectivity index (χ0) is 44.9. The second-order valence-corrected chi connectivity index (χ2v) is 17.1. The highest BCUT2D eigenvalue weighted by Crippen LogP contribution is 2.28. The van der Waals surface area contributed by atoms with Crippen molar-refractivity contribution in [2.24, 2.45) is 17.8 Å². The zero-order valence-electron chi connectivity index (χ0n) is 36.4. The van der Waals surface area contributed by atoms with Crippen molar-refractivity contribution < 1.29 is 73.9 Å². The molecule has 19 nitrogen and oxygen atoms in total. The summed E-state index contributed by atoms with van der Waals surface area (Å²) in [6, 6.07) is -0.910. The van der Waals surface area contributed by atoms with Gasteiger partial charge in [0.25, 0.3) is 0 Å². The van der Waals surface area contributed by atoms with E-state index >= 15 is 0 Å². The smallest absolute Gasteiger partial charge is 0.242 e. The van der Waals surface area contributed by atoms with Crippen LogP contribution in [0.4, 0.5) is 0 Å². The van der Waals surface area contributed by atoms with Crippen molar-refractivity contribution in [3.63, 3.8) is 0 Å². The van der Waals surface area contributed by atoms with Gasteiger partial charge >= 0.3 is 0 Å². The first-order valence-corrected chi connectivity index (χ1v) is 22.4. The third-order valence-corrected chi connectivity index (χ3v) is 12.0. The first-order valence-electron chi connectivity index (χ1n) is 22.4. The third-order valence-electron chi connectivity index (χ3n) is 12.0. The summed E-state index contributed by atoms with van der Waals surface area (Å²) in [5.41, 5.74) is 0. The molecule has 3 heterocycles. The van der Waals surface area contributed by atoms with Crippen molar-refractivity contribution in [2.45, 2.75) is 172 Å². The predicted molar refractivity (Wildman–Crippen MR) is 220 cm³/mol. The van der Waals surface area contributed by atoms with E-state index in [1.165, 1.54) is 0 Å². The molecule has 0 saturated carbocycles. The molecule has 0 bridgehead atoms. The Labute approximate surface area is 360 Å². The lowest BCUT2D eigenvalue weighted by Crippen LogP contribution is -2.55. The molecule has 19 heteroatoms. The lowest BCUT2D eigenvalue weighted by molar-refractivity contribution is -0.282. The summed E-state index contributed by atoms with van der Waals surface area (Å²) in [5, 5.41) is 77.6. The number of ether oxygens (including phenoxy) is 4.